The SMILES string of the molecule is Cc1ccc(CN2C(=O)C3C(CO)C3C2=O)cc1. The maximum atomic E-state index is 12.0. The lowest BCUT2D eigenvalue weighted by molar-refractivity contribution is -0.143. The van der Waals surface area contributed by atoms with Gasteiger partial charge in [0.15, 0.2) is 0 Å². The van der Waals surface area contributed by atoms with Gasteiger partial charge in [-0.1, -0.05) is 29.8 Å². The van der Waals surface area contributed by atoms with Crippen LogP contribution in [0, 0.1) is 24.7 Å². The van der Waals surface area contributed by atoms with Crippen molar-refractivity contribution in [2.45, 2.75) is 13.5 Å². The summed E-state index contributed by atoms with van der Waals surface area (Å²) in [6.45, 7) is 2.28. The molecule has 4 heteroatoms. The quantitative estimate of drug-likeness (QED) is 0.798. The number of hydrogen-bond donors (Lipinski definition) is 1. The van der Waals surface area contributed by atoms with Crippen LogP contribution in [-0.2, 0) is 16.1 Å². The van der Waals surface area contributed by atoms with Crippen molar-refractivity contribution < 1.29 is 14.7 Å². The van der Waals surface area contributed by atoms with Gasteiger partial charge < -0.3 is 5.11 Å². The minimum atomic E-state index is -0.257. The van der Waals surface area contributed by atoms with E-state index in [4.69, 9.17) is 5.11 Å². The number of piperidine rings is 1. The molecule has 0 spiro atoms. The van der Waals surface area contributed by atoms with Gasteiger partial charge in [-0.2, -0.15) is 0 Å². The number of aliphatic hydroxyl groups excluding tert-OH is 1. The summed E-state index contributed by atoms with van der Waals surface area (Å²) in [6, 6.07) is 7.81. The number of hydrogen-bond acceptors (Lipinski definition) is 3. The number of fused-ring (bicyclic) bond motifs is 1. The third-order valence-electron chi connectivity index (χ3n) is 3.94. The highest BCUT2D eigenvalue weighted by Crippen LogP contribution is 2.53. The zero-order chi connectivity index (χ0) is 12.9. The summed E-state index contributed by atoms with van der Waals surface area (Å²) in [5.41, 5.74) is 2.12. The second kappa shape index (κ2) is 3.92. The first kappa shape index (κ1) is 11.4. The van der Waals surface area contributed by atoms with Crippen LogP contribution in [0.2, 0.25) is 0 Å². The molecule has 2 atom stereocenters. The maximum Gasteiger partial charge on any atom is 0.233 e. The van der Waals surface area contributed by atoms with E-state index in [-0.39, 0.29) is 36.2 Å². The van der Waals surface area contributed by atoms with E-state index in [0.717, 1.165) is 11.1 Å². The van der Waals surface area contributed by atoms with Crippen LogP contribution in [0.15, 0.2) is 24.3 Å². The minimum Gasteiger partial charge on any atom is -0.396 e. The topological polar surface area (TPSA) is 57.6 Å². The molecule has 2 amide bonds. The Morgan fingerprint density at radius 2 is 1.67 bits per heavy atom. The predicted molar refractivity (Wildman–Crippen MR) is 64.3 cm³/mol. The Bertz CT molecular complexity index is 486. The molecule has 3 rings (SSSR count). The van der Waals surface area contributed by atoms with Crippen molar-refractivity contribution in [3.63, 3.8) is 0 Å². The lowest BCUT2D eigenvalue weighted by Gasteiger charge is -2.18. The zero-order valence-electron chi connectivity index (χ0n) is 10.2. The van der Waals surface area contributed by atoms with E-state index in [2.05, 4.69) is 0 Å². The summed E-state index contributed by atoms with van der Waals surface area (Å²) in [4.78, 5) is 25.3. The summed E-state index contributed by atoms with van der Waals surface area (Å²) in [7, 11) is 0. The number of carbonyl (C=O) groups is 2. The first-order chi connectivity index (χ1) is 8.63. The molecule has 0 aromatic heterocycles. The molecule has 1 saturated heterocycles. The monoisotopic (exact) mass is 245 g/mol. The number of amides is 2. The number of likely N-dealkylation sites (tertiary alicyclic amines) is 1. The number of aliphatic hydroxyl groups is 1. The van der Waals surface area contributed by atoms with Gasteiger partial charge in [0.05, 0.1) is 18.4 Å². The summed E-state index contributed by atoms with van der Waals surface area (Å²) in [6.07, 6.45) is 0. The zero-order valence-corrected chi connectivity index (χ0v) is 10.2. The first-order valence-electron chi connectivity index (χ1n) is 6.15. The first-order valence-corrected chi connectivity index (χ1v) is 6.15. The van der Waals surface area contributed by atoms with Gasteiger partial charge in [-0.25, -0.2) is 0 Å². The standard InChI is InChI=1S/C14H15NO3/c1-8-2-4-9(5-3-8)6-15-13(17)11-10(7-16)12(11)14(15)18/h2-5,10-12,16H,6-7H2,1H3. The largest absolute Gasteiger partial charge is 0.396 e. The highest BCUT2D eigenvalue weighted by molar-refractivity contribution is 6.09. The van der Waals surface area contributed by atoms with Crippen LogP contribution in [0.25, 0.3) is 0 Å². The predicted octanol–water partition coefficient (Wildman–Crippen LogP) is 0.718. The lowest BCUT2D eigenvalue weighted by Crippen LogP contribution is -2.34. The van der Waals surface area contributed by atoms with E-state index in [1.165, 1.54) is 4.90 Å². The number of benzene rings is 1. The molecule has 2 unspecified atom stereocenters. The van der Waals surface area contributed by atoms with Crippen molar-refractivity contribution in [2.75, 3.05) is 6.61 Å². The van der Waals surface area contributed by atoms with Crippen LogP contribution in [0.1, 0.15) is 11.1 Å². The number of nitrogens with zero attached hydrogens (tertiary/aromatic N) is 1. The number of carbonyl (C=O) groups excluding carboxylic acids is 2. The lowest BCUT2D eigenvalue weighted by atomic mass is 10.1. The highest BCUT2D eigenvalue weighted by Gasteiger charge is 2.66. The average Bonchev–Trinajstić information content (AvgIpc) is 3.05. The number of imide groups is 1. The third kappa shape index (κ3) is 1.56. The van der Waals surface area contributed by atoms with Crippen molar-refractivity contribution in [1.29, 1.82) is 0 Å². The van der Waals surface area contributed by atoms with Crippen LogP contribution in [0.3, 0.4) is 0 Å². The molecule has 1 saturated carbocycles. The Labute approximate surface area is 105 Å². The Balaban J connectivity index is 1.74. The molecular formula is C14H15NO3. The van der Waals surface area contributed by atoms with Gasteiger partial charge in [0.1, 0.15) is 0 Å². The molecule has 1 aromatic carbocycles. The van der Waals surface area contributed by atoms with Crippen molar-refractivity contribution in [3.05, 3.63) is 35.4 Å². The molecule has 0 radical (unpaired) electrons. The van der Waals surface area contributed by atoms with Gasteiger partial charge in [-0.05, 0) is 12.5 Å². The van der Waals surface area contributed by atoms with Gasteiger partial charge in [-0.15, -0.1) is 0 Å². The van der Waals surface area contributed by atoms with E-state index in [0.29, 0.717) is 6.54 Å². The van der Waals surface area contributed by atoms with Crippen molar-refractivity contribution in [2.24, 2.45) is 17.8 Å². The van der Waals surface area contributed by atoms with Crippen molar-refractivity contribution in [1.82, 2.24) is 4.90 Å². The van der Waals surface area contributed by atoms with E-state index < -0.39 is 0 Å². The molecule has 1 aliphatic heterocycles. The van der Waals surface area contributed by atoms with Crippen LogP contribution in [0.4, 0.5) is 0 Å². The maximum absolute atomic E-state index is 12.0. The molecule has 1 N–H and O–H groups in total. The number of aryl methyl sites for hydroxylation is 1. The molecule has 2 fully saturated rings. The van der Waals surface area contributed by atoms with Crippen LogP contribution in [0.5, 0.6) is 0 Å². The fourth-order valence-electron chi connectivity index (χ4n) is 2.77. The molecule has 1 aromatic rings. The van der Waals surface area contributed by atoms with Crippen molar-refractivity contribution in [3.8, 4) is 0 Å². The molecule has 94 valence electrons. The Kier molecular flexibility index (Phi) is 2.48. The second-order valence-corrected chi connectivity index (χ2v) is 5.15. The summed E-state index contributed by atoms with van der Waals surface area (Å²) < 4.78 is 0. The summed E-state index contributed by atoms with van der Waals surface area (Å²) in [5.74, 6) is -0.880. The third-order valence-corrected chi connectivity index (χ3v) is 3.94. The van der Waals surface area contributed by atoms with Gasteiger partial charge in [0, 0.05) is 12.5 Å². The molecule has 1 heterocycles. The van der Waals surface area contributed by atoms with Crippen LogP contribution < -0.4 is 0 Å². The van der Waals surface area contributed by atoms with E-state index >= 15 is 0 Å². The van der Waals surface area contributed by atoms with Gasteiger partial charge in [0.25, 0.3) is 0 Å². The van der Waals surface area contributed by atoms with E-state index in [9.17, 15) is 9.59 Å². The Hall–Kier alpha value is -1.68. The van der Waals surface area contributed by atoms with Gasteiger partial charge >= 0.3 is 0 Å². The minimum absolute atomic E-state index is 0.0643. The van der Waals surface area contributed by atoms with E-state index in [1.54, 1.807) is 0 Å². The summed E-state index contributed by atoms with van der Waals surface area (Å²) in [5, 5.41) is 9.03. The van der Waals surface area contributed by atoms with Gasteiger partial charge in [0.2, 0.25) is 11.8 Å². The Morgan fingerprint density at radius 1 is 1.11 bits per heavy atom. The fourth-order valence-corrected chi connectivity index (χ4v) is 2.77. The smallest absolute Gasteiger partial charge is 0.233 e. The van der Waals surface area contributed by atoms with Gasteiger partial charge in [-0.3, -0.25) is 14.5 Å². The van der Waals surface area contributed by atoms with E-state index in [1.807, 2.05) is 31.2 Å². The molecule has 1 aliphatic carbocycles. The summed E-state index contributed by atoms with van der Waals surface area (Å²) >= 11 is 0. The van der Waals surface area contributed by atoms with Crippen LogP contribution in [-0.4, -0.2) is 28.4 Å². The van der Waals surface area contributed by atoms with Crippen LogP contribution >= 0.6 is 0 Å². The molecule has 4 nitrogen and oxygen atoms in total. The fraction of sp³-hybridized carbons (Fsp3) is 0.429. The molecule has 0 bridgehead atoms. The normalized spacial score (nSPS) is 29.7. The second-order valence-electron chi connectivity index (χ2n) is 5.15. The molecule has 18 heavy (non-hydrogen) atoms. The molecule has 2 aliphatic rings. The van der Waals surface area contributed by atoms with Crippen molar-refractivity contribution >= 4 is 11.8 Å². The number of rotatable bonds is 3. The highest BCUT2D eigenvalue weighted by atomic mass is 16.3. The molecular weight excluding hydrogens is 230 g/mol. The average molecular weight is 245 g/mol. The Morgan fingerprint density at radius 3 is 2.17 bits per heavy atom.